The lowest BCUT2D eigenvalue weighted by Gasteiger charge is -2.12. The summed E-state index contributed by atoms with van der Waals surface area (Å²) in [5.74, 6) is 1.66. The molecule has 0 aliphatic heterocycles. The van der Waals surface area contributed by atoms with Gasteiger partial charge >= 0.3 is 0 Å². The highest BCUT2D eigenvalue weighted by Crippen LogP contribution is 2.32. The van der Waals surface area contributed by atoms with E-state index in [2.05, 4.69) is 0 Å². The molecule has 0 radical (unpaired) electrons. The first-order chi connectivity index (χ1) is 8.58. The van der Waals surface area contributed by atoms with Gasteiger partial charge in [-0.05, 0) is 50.1 Å². The fourth-order valence-electron chi connectivity index (χ4n) is 1.78. The standard InChI is InChI=1S/C15H17ClO2/c1-10(2)18-13-6-4-12(5-7-13)14(16)15-11(3)8-9-17-15/h4-10,14H,1-3H3. The minimum absolute atomic E-state index is 0.176. The van der Waals surface area contributed by atoms with Crippen LogP contribution in [-0.2, 0) is 0 Å². The summed E-state index contributed by atoms with van der Waals surface area (Å²) in [5.41, 5.74) is 2.07. The third kappa shape index (κ3) is 2.88. The van der Waals surface area contributed by atoms with Crippen LogP contribution in [0.5, 0.6) is 5.75 Å². The number of alkyl halides is 1. The molecule has 2 rings (SSSR count). The molecule has 18 heavy (non-hydrogen) atoms. The Morgan fingerprint density at radius 3 is 2.28 bits per heavy atom. The lowest BCUT2D eigenvalue weighted by Crippen LogP contribution is -2.05. The molecule has 3 heteroatoms. The zero-order valence-electron chi connectivity index (χ0n) is 10.8. The van der Waals surface area contributed by atoms with E-state index in [1.54, 1.807) is 6.26 Å². The largest absolute Gasteiger partial charge is 0.491 e. The van der Waals surface area contributed by atoms with Gasteiger partial charge in [-0.15, -0.1) is 11.6 Å². The number of rotatable bonds is 4. The van der Waals surface area contributed by atoms with E-state index in [0.717, 1.165) is 22.6 Å². The average molecular weight is 265 g/mol. The van der Waals surface area contributed by atoms with E-state index in [1.165, 1.54) is 0 Å². The molecule has 2 aromatic rings. The maximum Gasteiger partial charge on any atom is 0.128 e. The maximum absolute atomic E-state index is 6.40. The average Bonchev–Trinajstić information content (AvgIpc) is 2.75. The van der Waals surface area contributed by atoms with Crippen molar-refractivity contribution in [1.29, 1.82) is 0 Å². The monoisotopic (exact) mass is 264 g/mol. The van der Waals surface area contributed by atoms with Crippen molar-refractivity contribution in [2.75, 3.05) is 0 Å². The van der Waals surface area contributed by atoms with Crippen LogP contribution in [0, 0.1) is 6.92 Å². The number of hydrogen-bond donors (Lipinski definition) is 0. The number of benzene rings is 1. The molecule has 0 saturated carbocycles. The quantitative estimate of drug-likeness (QED) is 0.747. The molecule has 1 aromatic carbocycles. The van der Waals surface area contributed by atoms with Gasteiger partial charge in [-0.2, -0.15) is 0 Å². The normalized spacial score (nSPS) is 12.7. The van der Waals surface area contributed by atoms with E-state index >= 15 is 0 Å². The SMILES string of the molecule is Cc1ccoc1C(Cl)c1ccc(OC(C)C)cc1. The van der Waals surface area contributed by atoms with Crippen LogP contribution in [0.3, 0.4) is 0 Å². The maximum atomic E-state index is 6.40. The van der Waals surface area contributed by atoms with Gasteiger partial charge in [0.25, 0.3) is 0 Å². The third-order valence-electron chi connectivity index (χ3n) is 2.68. The molecule has 1 atom stereocenters. The van der Waals surface area contributed by atoms with Crippen LogP contribution in [-0.4, -0.2) is 6.10 Å². The molecule has 0 spiro atoms. The predicted molar refractivity (Wildman–Crippen MR) is 73.3 cm³/mol. The molecule has 1 unspecified atom stereocenters. The van der Waals surface area contributed by atoms with Crippen LogP contribution in [0.1, 0.15) is 36.1 Å². The van der Waals surface area contributed by atoms with Crippen molar-refractivity contribution in [1.82, 2.24) is 0 Å². The summed E-state index contributed by atoms with van der Waals surface area (Å²) >= 11 is 6.40. The second-order valence-corrected chi connectivity index (χ2v) is 5.00. The van der Waals surface area contributed by atoms with E-state index in [9.17, 15) is 0 Å². The van der Waals surface area contributed by atoms with Crippen molar-refractivity contribution >= 4 is 11.6 Å². The van der Waals surface area contributed by atoms with E-state index in [4.69, 9.17) is 20.8 Å². The van der Waals surface area contributed by atoms with Gasteiger partial charge in [0, 0.05) is 0 Å². The van der Waals surface area contributed by atoms with Crippen molar-refractivity contribution in [2.45, 2.75) is 32.3 Å². The van der Waals surface area contributed by atoms with Crippen molar-refractivity contribution in [3.8, 4) is 5.75 Å². The van der Waals surface area contributed by atoms with E-state index in [1.807, 2.05) is 51.1 Å². The Hall–Kier alpha value is -1.41. The highest BCUT2D eigenvalue weighted by Gasteiger charge is 2.16. The molecule has 1 heterocycles. The second-order valence-electron chi connectivity index (χ2n) is 4.57. The van der Waals surface area contributed by atoms with Crippen LogP contribution in [0.25, 0.3) is 0 Å². The van der Waals surface area contributed by atoms with E-state index in [0.29, 0.717) is 0 Å². The van der Waals surface area contributed by atoms with E-state index in [-0.39, 0.29) is 11.5 Å². The van der Waals surface area contributed by atoms with Crippen molar-refractivity contribution in [3.63, 3.8) is 0 Å². The van der Waals surface area contributed by atoms with Gasteiger partial charge in [-0.25, -0.2) is 0 Å². The zero-order valence-corrected chi connectivity index (χ0v) is 11.6. The highest BCUT2D eigenvalue weighted by atomic mass is 35.5. The molecule has 0 N–H and O–H groups in total. The van der Waals surface area contributed by atoms with Gasteiger partial charge in [-0.1, -0.05) is 12.1 Å². The topological polar surface area (TPSA) is 22.4 Å². The van der Waals surface area contributed by atoms with Crippen LogP contribution >= 0.6 is 11.6 Å². The fraction of sp³-hybridized carbons (Fsp3) is 0.333. The Balaban J connectivity index is 2.17. The third-order valence-corrected chi connectivity index (χ3v) is 3.13. The minimum atomic E-state index is -0.256. The Kier molecular flexibility index (Phi) is 3.97. The zero-order chi connectivity index (χ0) is 13.1. The summed E-state index contributed by atoms with van der Waals surface area (Å²) in [6, 6.07) is 9.72. The second kappa shape index (κ2) is 5.49. The van der Waals surface area contributed by atoms with Gasteiger partial charge in [0.2, 0.25) is 0 Å². The Labute approximate surface area is 113 Å². The lowest BCUT2D eigenvalue weighted by molar-refractivity contribution is 0.242. The highest BCUT2D eigenvalue weighted by molar-refractivity contribution is 6.22. The Morgan fingerprint density at radius 1 is 1.11 bits per heavy atom. The Morgan fingerprint density at radius 2 is 1.78 bits per heavy atom. The molecular formula is C15H17ClO2. The van der Waals surface area contributed by atoms with Crippen LogP contribution in [0.15, 0.2) is 41.0 Å². The molecule has 0 saturated heterocycles. The summed E-state index contributed by atoms with van der Waals surface area (Å²) in [7, 11) is 0. The first-order valence-electron chi connectivity index (χ1n) is 6.02. The Bertz CT molecular complexity index is 499. The molecule has 0 aliphatic rings. The van der Waals surface area contributed by atoms with Crippen molar-refractivity contribution in [2.24, 2.45) is 0 Å². The molecule has 0 bridgehead atoms. The number of furan rings is 1. The first-order valence-corrected chi connectivity index (χ1v) is 6.46. The van der Waals surface area contributed by atoms with Crippen molar-refractivity contribution in [3.05, 3.63) is 53.5 Å². The molecule has 0 fully saturated rings. The lowest BCUT2D eigenvalue weighted by atomic mass is 10.1. The molecule has 0 amide bonds. The van der Waals surface area contributed by atoms with Gasteiger partial charge in [0.15, 0.2) is 0 Å². The van der Waals surface area contributed by atoms with E-state index < -0.39 is 0 Å². The summed E-state index contributed by atoms with van der Waals surface area (Å²) in [5, 5.41) is -0.256. The molecule has 1 aromatic heterocycles. The minimum Gasteiger partial charge on any atom is -0.491 e. The first kappa shape index (κ1) is 13.0. The molecule has 0 aliphatic carbocycles. The number of halogens is 1. The van der Waals surface area contributed by atoms with Gasteiger partial charge in [0.05, 0.1) is 12.4 Å². The molecule has 96 valence electrons. The number of ether oxygens (including phenoxy) is 1. The predicted octanol–water partition coefficient (Wildman–Crippen LogP) is 4.70. The smallest absolute Gasteiger partial charge is 0.128 e. The summed E-state index contributed by atoms with van der Waals surface area (Å²) in [4.78, 5) is 0. The number of hydrogen-bond acceptors (Lipinski definition) is 2. The summed E-state index contributed by atoms with van der Waals surface area (Å²) < 4.78 is 11.0. The molecular weight excluding hydrogens is 248 g/mol. The molecule has 2 nitrogen and oxygen atoms in total. The van der Waals surface area contributed by atoms with Crippen molar-refractivity contribution < 1.29 is 9.15 Å². The fourth-order valence-corrected chi connectivity index (χ4v) is 2.15. The van der Waals surface area contributed by atoms with Crippen LogP contribution in [0.2, 0.25) is 0 Å². The number of aryl methyl sites for hydroxylation is 1. The summed E-state index contributed by atoms with van der Waals surface area (Å²) in [6.45, 7) is 6.00. The van der Waals surface area contributed by atoms with Crippen LogP contribution < -0.4 is 4.74 Å². The van der Waals surface area contributed by atoms with Gasteiger partial charge < -0.3 is 9.15 Å². The summed E-state index contributed by atoms with van der Waals surface area (Å²) in [6.07, 6.45) is 1.84. The van der Waals surface area contributed by atoms with Crippen LogP contribution in [0.4, 0.5) is 0 Å². The van der Waals surface area contributed by atoms with Gasteiger partial charge in [-0.3, -0.25) is 0 Å². The van der Waals surface area contributed by atoms with Gasteiger partial charge in [0.1, 0.15) is 16.9 Å².